The van der Waals surface area contributed by atoms with Crippen LogP contribution in [0.3, 0.4) is 0 Å². The molecule has 1 aromatic heterocycles. The minimum absolute atomic E-state index is 0.306. The number of anilines is 1. The molecule has 96 valence electrons. The van der Waals surface area contributed by atoms with Gasteiger partial charge in [-0.3, -0.25) is 10.3 Å². The van der Waals surface area contributed by atoms with E-state index in [4.69, 9.17) is 10.9 Å². The molecule has 1 saturated heterocycles. The zero-order valence-electron chi connectivity index (χ0n) is 9.93. The van der Waals surface area contributed by atoms with Crippen LogP contribution in [-0.2, 0) is 6.54 Å². The van der Waals surface area contributed by atoms with Gasteiger partial charge >= 0.3 is 0 Å². The van der Waals surface area contributed by atoms with E-state index >= 15 is 0 Å². The quantitative estimate of drug-likeness (QED) is 0.542. The molecule has 2 heterocycles. The topological polar surface area (TPSA) is 74.4 Å². The Morgan fingerprint density at radius 1 is 1.65 bits per heavy atom. The number of aliphatic hydroxyl groups excluding tert-OH is 1. The Morgan fingerprint density at radius 3 is 3.24 bits per heavy atom. The lowest BCUT2D eigenvalue weighted by Gasteiger charge is -2.32. The summed E-state index contributed by atoms with van der Waals surface area (Å²) in [5.41, 5.74) is 2.57. The van der Waals surface area contributed by atoms with Crippen molar-refractivity contribution in [2.45, 2.75) is 25.8 Å². The van der Waals surface area contributed by atoms with E-state index in [9.17, 15) is 0 Å². The van der Waals surface area contributed by atoms with Gasteiger partial charge in [0, 0.05) is 30.8 Å². The third kappa shape index (κ3) is 3.64. The zero-order chi connectivity index (χ0) is 12.1. The molecule has 1 aliphatic heterocycles. The molecule has 0 aromatic carbocycles. The number of aliphatic hydroxyl groups is 1. The van der Waals surface area contributed by atoms with E-state index < -0.39 is 0 Å². The van der Waals surface area contributed by atoms with E-state index in [1.54, 1.807) is 11.3 Å². The third-order valence-corrected chi connectivity index (χ3v) is 4.11. The molecule has 6 heteroatoms. The first-order chi connectivity index (χ1) is 8.31. The molecule has 2 rings (SSSR count). The molecular weight excluding hydrogens is 236 g/mol. The predicted octanol–water partition coefficient (Wildman–Crippen LogP) is 1.02. The van der Waals surface area contributed by atoms with Crippen LogP contribution < -0.4 is 11.3 Å². The van der Waals surface area contributed by atoms with E-state index in [0.717, 1.165) is 31.2 Å². The van der Waals surface area contributed by atoms with Crippen LogP contribution in [0.2, 0.25) is 0 Å². The number of nitrogens with two attached hydrogens (primary N) is 1. The van der Waals surface area contributed by atoms with Crippen molar-refractivity contribution >= 4 is 16.5 Å². The van der Waals surface area contributed by atoms with Crippen molar-refractivity contribution in [2.75, 3.05) is 25.1 Å². The Kier molecular flexibility index (Phi) is 4.73. The molecular formula is C11H20N4OS. The highest BCUT2D eigenvalue weighted by Crippen LogP contribution is 2.23. The number of nitrogen functional groups attached to an aromatic ring is 1. The Hall–Kier alpha value is -0.690. The smallest absolute Gasteiger partial charge is 0.197 e. The Morgan fingerprint density at radius 2 is 2.53 bits per heavy atom. The summed E-state index contributed by atoms with van der Waals surface area (Å²) in [6, 6.07) is 0. The van der Waals surface area contributed by atoms with Crippen LogP contribution in [0.15, 0.2) is 6.20 Å². The van der Waals surface area contributed by atoms with E-state index in [1.165, 1.54) is 17.7 Å². The number of nitrogens with zero attached hydrogens (tertiary/aromatic N) is 2. The molecule has 1 aromatic rings. The second kappa shape index (κ2) is 6.30. The maximum atomic E-state index is 8.98. The average Bonchev–Trinajstić information content (AvgIpc) is 2.78. The molecule has 1 unspecified atom stereocenters. The lowest BCUT2D eigenvalue weighted by Crippen LogP contribution is -2.35. The van der Waals surface area contributed by atoms with Crippen molar-refractivity contribution in [1.29, 1.82) is 0 Å². The van der Waals surface area contributed by atoms with Crippen LogP contribution in [0.25, 0.3) is 0 Å². The standard InChI is InChI=1S/C11H20N4OS/c12-14-11-13-6-10(17-11)8-15-4-1-2-9(7-15)3-5-16/h6,9,16H,1-5,7-8,12H2,(H,13,14). The minimum atomic E-state index is 0.306. The molecule has 1 aliphatic rings. The number of thiazole rings is 1. The summed E-state index contributed by atoms with van der Waals surface area (Å²) in [5, 5.41) is 9.75. The van der Waals surface area contributed by atoms with Crippen molar-refractivity contribution in [1.82, 2.24) is 9.88 Å². The molecule has 1 atom stereocenters. The number of aromatic nitrogens is 1. The van der Waals surface area contributed by atoms with Gasteiger partial charge in [0.1, 0.15) is 0 Å². The van der Waals surface area contributed by atoms with Gasteiger partial charge in [0.15, 0.2) is 5.13 Å². The van der Waals surface area contributed by atoms with Crippen LogP contribution >= 0.6 is 11.3 Å². The Labute approximate surface area is 106 Å². The number of likely N-dealkylation sites (tertiary alicyclic amines) is 1. The van der Waals surface area contributed by atoms with Crippen molar-refractivity contribution in [3.8, 4) is 0 Å². The molecule has 1 fully saturated rings. The van der Waals surface area contributed by atoms with Crippen LogP contribution in [-0.4, -0.2) is 34.7 Å². The number of nitrogens with one attached hydrogen (secondary N) is 1. The van der Waals surface area contributed by atoms with Gasteiger partial charge in [0.2, 0.25) is 0 Å². The van der Waals surface area contributed by atoms with E-state index in [2.05, 4.69) is 15.3 Å². The lowest BCUT2D eigenvalue weighted by atomic mass is 9.95. The number of piperidine rings is 1. The predicted molar refractivity (Wildman–Crippen MR) is 69.6 cm³/mol. The highest BCUT2D eigenvalue weighted by atomic mass is 32.1. The van der Waals surface area contributed by atoms with Gasteiger partial charge in [-0.25, -0.2) is 10.8 Å². The zero-order valence-corrected chi connectivity index (χ0v) is 10.7. The molecule has 0 radical (unpaired) electrons. The normalized spacial score (nSPS) is 21.6. The summed E-state index contributed by atoms with van der Waals surface area (Å²) < 4.78 is 0. The van der Waals surface area contributed by atoms with Gasteiger partial charge in [-0.05, 0) is 31.7 Å². The molecule has 4 N–H and O–H groups in total. The van der Waals surface area contributed by atoms with Gasteiger partial charge in [0.25, 0.3) is 0 Å². The fraction of sp³-hybridized carbons (Fsp3) is 0.727. The van der Waals surface area contributed by atoms with Crippen LogP contribution in [0.5, 0.6) is 0 Å². The summed E-state index contributed by atoms with van der Waals surface area (Å²) >= 11 is 1.60. The average molecular weight is 256 g/mol. The summed E-state index contributed by atoms with van der Waals surface area (Å²) in [7, 11) is 0. The molecule has 5 nitrogen and oxygen atoms in total. The molecule has 0 amide bonds. The summed E-state index contributed by atoms with van der Waals surface area (Å²) in [6.07, 6.45) is 5.28. The molecule has 0 saturated carbocycles. The maximum absolute atomic E-state index is 8.98. The van der Waals surface area contributed by atoms with E-state index in [0.29, 0.717) is 12.5 Å². The minimum Gasteiger partial charge on any atom is -0.396 e. The first kappa shape index (κ1) is 12.8. The van der Waals surface area contributed by atoms with Crippen molar-refractivity contribution in [3.63, 3.8) is 0 Å². The second-order valence-electron chi connectivity index (χ2n) is 4.53. The lowest BCUT2D eigenvalue weighted by molar-refractivity contribution is 0.143. The fourth-order valence-electron chi connectivity index (χ4n) is 2.38. The van der Waals surface area contributed by atoms with Gasteiger partial charge in [0.05, 0.1) is 0 Å². The van der Waals surface area contributed by atoms with E-state index in [1.807, 2.05) is 6.20 Å². The number of hydrogen-bond acceptors (Lipinski definition) is 6. The van der Waals surface area contributed by atoms with Crippen molar-refractivity contribution < 1.29 is 5.11 Å². The first-order valence-corrected chi connectivity index (χ1v) is 6.88. The van der Waals surface area contributed by atoms with Gasteiger partial charge in [-0.2, -0.15) is 0 Å². The molecule has 0 aliphatic carbocycles. The monoisotopic (exact) mass is 256 g/mol. The van der Waals surface area contributed by atoms with E-state index in [-0.39, 0.29) is 0 Å². The summed E-state index contributed by atoms with van der Waals surface area (Å²) in [6.45, 7) is 3.48. The Balaban J connectivity index is 1.85. The molecule has 17 heavy (non-hydrogen) atoms. The third-order valence-electron chi connectivity index (χ3n) is 3.20. The van der Waals surface area contributed by atoms with Gasteiger partial charge in [-0.15, -0.1) is 0 Å². The highest BCUT2D eigenvalue weighted by Gasteiger charge is 2.19. The summed E-state index contributed by atoms with van der Waals surface area (Å²) in [5.74, 6) is 5.96. The molecule has 0 spiro atoms. The van der Waals surface area contributed by atoms with Crippen LogP contribution in [0.4, 0.5) is 5.13 Å². The SMILES string of the molecule is NNc1ncc(CN2CCCC(CCO)C2)s1. The second-order valence-corrected chi connectivity index (χ2v) is 5.65. The number of hydrazine groups is 1. The fourth-order valence-corrected chi connectivity index (χ4v) is 3.15. The first-order valence-electron chi connectivity index (χ1n) is 6.06. The Bertz CT molecular complexity index is 342. The number of hydrogen-bond donors (Lipinski definition) is 3. The van der Waals surface area contributed by atoms with Gasteiger partial charge < -0.3 is 5.11 Å². The van der Waals surface area contributed by atoms with Crippen LogP contribution in [0.1, 0.15) is 24.1 Å². The van der Waals surface area contributed by atoms with Crippen molar-refractivity contribution in [3.05, 3.63) is 11.1 Å². The number of rotatable bonds is 5. The largest absolute Gasteiger partial charge is 0.396 e. The maximum Gasteiger partial charge on any atom is 0.197 e. The summed E-state index contributed by atoms with van der Waals surface area (Å²) in [4.78, 5) is 7.85. The van der Waals surface area contributed by atoms with Crippen LogP contribution in [0, 0.1) is 5.92 Å². The molecule has 0 bridgehead atoms. The van der Waals surface area contributed by atoms with Gasteiger partial charge in [-0.1, -0.05) is 11.3 Å². The highest BCUT2D eigenvalue weighted by molar-refractivity contribution is 7.15. The van der Waals surface area contributed by atoms with Crippen molar-refractivity contribution in [2.24, 2.45) is 11.8 Å².